The second-order valence-corrected chi connectivity index (χ2v) is 12.8. The van der Waals surface area contributed by atoms with E-state index in [1.165, 1.54) is 4.68 Å². The minimum Gasteiger partial charge on any atom is -0.267 e. The fraction of sp³-hybridized carbons (Fsp3) is 0.300. The predicted molar refractivity (Wildman–Crippen MR) is 88.4 cm³/mol. The van der Waals surface area contributed by atoms with Crippen molar-refractivity contribution in [1.82, 2.24) is 14.8 Å². The van der Waals surface area contributed by atoms with Crippen LogP contribution in [0.5, 0.6) is 0 Å². The molecule has 0 N–H and O–H groups in total. The van der Waals surface area contributed by atoms with Gasteiger partial charge in [-0.15, -0.1) is 17.9 Å². The normalized spacial score (nSPS) is 13.5. The first-order valence-electron chi connectivity index (χ1n) is 5.55. The SMILES string of the molecule is CCCn1ncc2ccnc(P(P)PP)c2c1=O. The van der Waals surface area contributed by atoms with Gasteiger partial charge >= 0.3 is 0 Å². The first-order valence-corrected chi connectivity index (χ1v) is 12.2. The van der Waals surface area contributed by atoms with Crippen molar-refractivity contribution >= 4 is 49.3 Å². The van der Waals surface area contributed by atoms with Gasteiger partial charge in [-0.1, -0.05) is 14.9 Å². The number of nitrogens with zero attached hydrogens (tertiary/aromatic N) is 3. The summed E-state index contributed by atoms with van der Waals surface area (Å²) in [5, 5.41) is 5.81. The molecule has 0 aliphatic carbocycles. The van der Waals surface area contributed by atoms with Crippen molar-refractivity contribution in [2.75, 3.05) is 0 Å². The number of pyridine rings is 1. The van der Waals surface area contributed by atoms with Crippen molar-refractivity contribution in [3.63, 3.8) is 0 Å². The third kappa shape index (κ3) is 2.78. The van der Waals surface area contributed by atoms with E-state index < -0.39 is 7.30 Å². The van der Waals surface area contributed by atoms with Gasteiger partial charge in [-0.25, -0.2) is 4.68 Å². The summed E-state index contributed by atoms with van der Waals surface area (Å²) in [5.41, 5.74) is 0.897. The van der Waals surface area contributed by atoms with Crippen LogP contribution in [0.3, 0.4) is 0 Å². The molecule has 0 saturated heterocycles. The van der Waals surface area contributed by atoms with Gasteiger partial charge in [0.25, 0.3) is 5.56 Å². The van der Waals surface area contributed by atoms with Crippen LogP contribution in [-0.2, 0) is 6.54 Å². The summed E-state index contributed by atoms with van der Waals surface area (Å²) < 4.78 is 1.53. The Bertz CT molecular complexity index is 616. The zero-order chi connectivity index (χ0) is 13.1. The predicted octanol–water partition coefficient (Wildman–Crippen LogP) is 2.48. The van der Waals surface area contributed by atoms with Crippen LogP contribution < -0.4 is 11.0 Å². The molecule has 4 unspecified atom stereocenters. The lowest BCUT2D eigenvalue weighted by molar-refractivity contribution is 0.574. The van der Waals surface area contributed by atoms with Crippen molar-refractivity contribution in [1.29, 1.82) is 0 Å². The van der Waals surface area contributed by atoms with E-state index in [0.717, 1.165) is 22.6 Å². The maximum absolute atomic E-state index is 12.4. The van der Waals surface area contributed by atoms with Gasteiger partial charge in [-0.2, -0.15) is 5.10 Å². The Morgan fingerprint density at radius 2 is 2.33 bits per heavy atom. The van der Waals surface area contributed by atoms with Crippen LogP contribution in [0.1, 0.15) is 13.3 Å². The molecule has 4 nitrogen and oxygen atoms in total. The summed E-state index contributed by atoms with van der Waals surface area (Å²) in [6.07, 6.45) is 4.42. The quantitative estimate of drug-likeness (QED) is 0.814. The van der Waals surface area contributed by atoms with Crippen LogP contribution >= 0.6 is 33.1 Å². The maximum Gasteiger partial charge on any atom is 0.276 e. The average molecular weight is 317 g/mol. The number of hydrogen-bond acceptors (Lipinski definition) is 3. The number of aryl methyl sites for hydroxylation is 1. The van der Waals surface area contributed by atoms with Crippen molar-refractivity contribution in [3.05, 3.63) is 28.8 Å². The van der Waals surface area contributed by atoms with Crippen molar-refractivity contribution < 1.29 is 0 Å². The minimum atomic E-state index is -0.456. The Labute approximate surface area is 113 Å². The van der Waals surface area contributed by atoms with Crippen LogP contribution in [0, 0.1) is 0 Å². The molecule has 2 aromatic heterocycles. The fourth-order valence-electron chi connectivity index (χ4n) is 1.72. The lowest BCUT2D eigenvalue weighted by Gasteiger charge is -2.11. The number of fused-ring (bicyclic) bond motifs is 1. The standard InChI is InChI=1S/C10H15N3OP4/c1-2-5-13-10(14)8-7(6-12-13)3-4-11-9(8)18(16)17-15/h3-4,6,17H,2,5,15-16H2,1H3. The monoisotopic (exact) mass is 317 g/mol. The molecule has 0 amide bonds. The van der Waals surface area contributed by atoms with Gasteiger partial charge in [0.2, 0.25) is 0 Å². The number of aromatic nitrogens is 3. The molecule has 0 aromatic carbocycles. The van der Waals surface area contributed by atoms with Crippen molar-refractivity contribution in [2.45, 2.75) is 19.9 Å². The van der Waals surface area contributed by atoms with Crippen LogP contribution in [-0.4, -0.2) is 14.8 Å². The molecule has 0 bridgehead atoms. The zero-order valence-corrected chi connectivity index (χ0v) is 14.2. The van der Waals surface area contributed by atoms with E-state index in [1.54, 1.807) is 12.4 Å². The first kappa shape index (κ1) is 14.4. The van der Waals surface area contributed by atoms with Crippen LogP contribution in [0.2, 0.25) is 0 Å². The summed E-state index contributed by atoms with van der Waals surface area (Å²) in [6.45, 7) is 2.69. The molecule has 0 aliphatic rings. The molecule has 8 heteroatoms. The van der Waals surface area contributed by atoms with Gasteiger partial charge in [-0.05, 0) is 19.8 Å². The molecule has 0 radical (unpaired) electrons. The Hall–Kier alpha value is 0.01000. The molecule has 18 heavy (non-hydrogen) atoms. The summed E-state index contributed by atoms with van der Waals surface area (Å²) in [7, 11) is 5.78. The van der Waals surface area contributed by atoms with Crippen LogP contribution in [0.25, 0.3) is 10.8 Å². The molecule has 2 rings (SSSR count). The van der Waals surface area contributed by atoms with E-state index in [1.807, 2.05) is 13.0 Å². The smallest absolute Gasteiger partial charge is 0.267 e. The molecule has 0 aliphatic heterocycles. The molecule has 2 aromatic rings. The zero-order valence-electron chi connectivity index (χ0n) is 10.00. The summed E-state index contributed by atoms with van der Waals surface area (Å²) in [4.78, 5) is 16.8. The van der Waals surface area contributed by atoms with Gasteiger partial charge in [-0.3, -0.25) is 9.78 Å². The molecule has 0 saturated carbocycles. The Morgan fingerprint density at radius 1 is 1.56 bits per heavy atom. The lowest BCUT2D eigenvalue weighted by atomic mass is 10.2. The first-order chi connectivity index (χ1) is 8.69. The summed E-state index contributed by atoms with van der Waals surface area (Å²) >= 11 is 0. The molecule has 96 valence electrons. The molecular formula is C10H15N3OP4. The van der Waals surface area contributed by atoms with E-state index >= 15 is 0 Å². The lowest BCUT2D eigenvalue weighted by Crippen LogP contribution is -2.26. The van der Waals surface area contributed by atoms with Crippen molar-refractivity contribution in [2.24, 2.45) is 0 Å². The van der Waals surface area contributed by atoms with Crippen LogP contribution in [0.15, 0.2) is 23.3 Å². The van der Waals surface area contributed by atoms with Crippen LogP contribution in [0.4, 0.5) is 0 Å². The third-order valence-corrected chi connectivity index (χ3v) is 12.4. The highest BCUT2D eigenvalue weighted by Gasteiger charge is 2.14. The van der Waals surface area contributed by atoms with Gasteiger partial charge in [0, 0.05) is 18.1 Å². The number of hydrogen-bond donors (Lipinski definition) is 0. The van der Waals surface area contributed by atoms with Gasteiger partial charge in [0.1, 0.15) is 0 Å². The third-order valence-electron chi connectivity index (χ3n) is 2.55. The minimum absolute atomic E-state index is 0.0179. The Morgan fingerprint density at radius 3 is 3.00 bits per heavy atom. The summed E-state index contributed by atoms with van der Waals surface area (Å²) in [6, 6.07) is 1.85. The highest BCUT2D eigenvalue weighted by molar-refractivity contribution is 8.63. The van der Waals surface area contributed by atoms with E-state index in [0.29, 0.717) is 14.5 Å². The Kier molecular flexibility index (Phi) is 5.16. The highest BCUT2D eigenvalue weighted by Crippen LogP contribution is 2.64. The average Bonchev–Trinajstić information content (AvgIpc) is 2.40. The molecule has 4 atom stereocenters. The molecule has 0 spiro atoms. The fourth-order valence-corrected chi connectivity index (χ4v) is 5.06. The summed E-state index contributed by atoms with van der Waals surface area (Å²) in [5.74, 6) is 0. The van der Waals surface area contributed by atoms with E-state index in [2.05, 4.69) is 27.9 Å². The molecular weight excluding hydrogens is 302 g/mol. The second-order valence-electron chi connectivity index (χ2n) is 3.77. The topological polar surface area (TPSA) is 47.8 Å². The van der Waals surface area contributed by atoms with E-state index in [-0.39, 0.29) is 5.56 Å². The van der Waals surface area contributed by atoms with Gasteiger partial charge in [0.05, 0.1) is 17.0 Å². The van der Waals surface area contributed by atoms with Crippen molar-refractivity contribution in [3.8, 4) is 0 Å². The van der Waals surface area contributed by atoms with E-state index in [9.17, 15) is 4.79 Å². The van der Waals surface area contributed by atoms with E-state index in [4.69, 9.17) is 0 Å². The maximum atomic E-state index is 12.4. The molecule has 0 fully saturated rings. The second kappa shape index (κ2) is 6.44. The van der Waals surface area contributed by atoms with Gasteiger partial charge < -0.3 is 0 Å². The van der Waals surface area contributed by atoms with Gasteiger partial charge in [0.15, 0.2) is 0 Å². The molecule has 2 heterocycles. The highest BCUT2D eigenvalue weighted by atomic mass is 32.6. The number of rotatable bonds is 4. The largest absolute Gasteiger partial charge is 0.276 e. The Balaban J connectivity index is 2.73.